The van der Waals surface area contributed by atoms with E-state index < -0.39 is 0 Å². The largest absolute Gasteiger partial charge is 0.393 e. The number of hydrogen-bond donors (Lipinski definition) is 1. The number of rotatable bonds is 5. The van der Waals surface area contributed by atoms with Gasteiger partial charge in [0.25, 0.3) is 0 Å². The summed E-state index contributed by atoms with van der Waals surface area (Å²) in [6.07, 6.45) is 5.42. The molecule has 4 heteroatoms. The lowest BCUT2D eigenvalue weighted by Gasteiger charge is -2.08. The molecule has 1 unspecified atom stereocenters. The van der Waals surface area contributed by atoms with Gasteiger partial charge in [-0.15, -0.1) is 0 Å². The normalized spacial score (nSPS) is 12.7. The average molecular weight is 210 g/mol. The first-order valence-corrected chi connectivity index (χ1v) is 5.34. The van der Waals surface area contributed by atoms with Crippen molar-refractivity contribution in [3.63, 3.8) is 0 Å². The highest BCUT2D eigenvalue weighted by Gasteiger charge is 2.01. The van der Waals surface area contributed by atoms with Gasteiger partial charge < -0.3 is 5.11 Å². The lowest BCUT2D eigenvalue weighted by Crippen LogP contribution is -2.23. The van der Waals surface area contributed by atoms with E-state index in [0.717, 1.165) is 24.8 Å². The van der Waals surface area contributed by atoms with Gasteiger partial charge in [0.1, 0.15) is 0 Å². The van der Waals surface area contributed by atoms with E-state index in [9.17, 15) is 9.90 Å². The molecule has 1 heterocycles. The molecule has 1 N–H and O–H groups in total. The third-order valence-corrected chi connectivity index (χ3v) is 2.39. The average Bonchev–Trinajstić information content (AvgIpc) is 2.23. The van der Waals surface area contributed by atoms with Crippen LogP contribution in [0.25, 0.3) is 0 Å². The van der Waals surface area contributed by atoms with Crippen LogP contribution in [0, 0.1) is 6.92 Å². The highest BCUT2D eigenvalue weighted by Crippen LogP contribution is 2.02. The summed E-state index contributed by atoms with van der Waals surface area (Å²) in [4.78, 5) is 15.0. The number of nitrogens with zero attached hydrogens (tertiary/aromatic N) is 2. The van der Waals surface area contributed by atoms with Crippen LogP contribution in [-0.4, -0.2) is 20.8 Å². The van der Waals surface area contributed by atoms with Crippen molar-refractivity contribution in [3.05, 3.63) is 28.4 Å². The Morgan fingerprint density at radius 2 is 2.33 bits per heavy atom. The predicted molar refractivity (Wildman–Crippen MR) is 58.8 cm³/mol. The third-order valence-electron chi connectivity index (χ3n) is 2.39. The molecule has 1 aromatic heterocycles. The monoisotopic (exact) mass is 210 g/mol. The van der Waals surface area contributed by atoms with Crippen molar-refractivity contribution >= 4 is 0 Å². The second kappa shape index (κ2) is 5.66. The lowest BCUT2D eigenvalue weighted by atomic mass is 10.1. The van der Waals surface area contributed by atoms with Gasteiger partial charge in [-0.25, -0.2) is 9.78 Å². The lowest BCUT2D eigenvalue weighted by molar-refractivity contribution is 0.155. The van der Waals surface area contributed by atoms with Gasteiger partial charge in [-0.2, -0.15) is 0 Å². The second-order valence-corrected chi connectivity index (χ2v) is 3.81. The molecular formula is C11H18N2O2. The molecule has 15 heavy (non-hydrogen) atoms. The van der Waals surface area contributed by atoms with Crippen LogP contribution < -0.4 is 5.69 Å². The molecule has 1 rings (SSSR count). The van der Waals surface area contributed by atoms with Crippen LogP contribution >= 0.6 is 0 Å². The van der Waals surface area contributed by atoms with Crippen LogP contribution in [0.3, 0.4) is 0 Å². The van der Waals surface area contributed by atoms with Gasteiger partial charge >= 0.3 is 5.69 Å². The van der Waals surface area contributed by atoms with Gasteiger partial charge in [-0.3, -0.25) is 4.57 Å². The van der Waals surface area contributed by atoms with Gasteiger partial charge in [-0.1, -0.05) is 6.92 Å². The number of aliphatic hydroxyl groups excluding tert-OH is 1. The molecule has 84 valence electrons. The van der Waals surface area contributed by atoms with Gasteiger partial charge in [0, 0.05) is 18.9 Å². The predicted octanol–water partition coefficient (Wildman–Crippen LogP) is 1.10. The standard InChI is InChI=1S/C11H18N2O2/c1-3-10(14)5-4-6-13-8-9(2)7-12-11(13)15/h7-8,10,14H,3-6H2,1-2H3. The van der Waals surface area contributed by atoms with E-state index in [1.807, 2.05) is 13.8 Å². The van der Waals surface area contributed by atoms with Crippen molar-refractivity contribution in [3.8, 4) is 0 Å². The maximum absolute atomic E-state index is 11.3. The number of aliphatic hydroxyl groups is 1. The zero-order valence-electron chi connectivity index (χ0n) is 9.31. The maximum atomic E-state index is 11.3. The Morgan fingerprint density at radius 3 is 3.00 bits per heavy atom. The van der Waals surface area contributed by atoms with E-state index >= 15 is 0 Å². The Bertz CT molecular complexity index is 360. The van der Waals surface area contributed by atoms with Gasteiger partial charge in [0.2, 0.25) is 0 Å². The molecule has 0 aliphatic rings. The van der Waals surface area contributed by atoms with E-state index in [1.54, 1.807) is 17.0 Å². The summed E-state index contributed by atoms with van der Waals surface area (Å²) in [5.41, 5.74) is 0.761. The summed E-state index contributed by atoms with van der Waals surface area (Å²) < 4.78 is 1.59. The molecular weight excluding hydrogens is 192 g/mol. The summed E-state index contributed by atoms with van der Waals surface area (Å²) in [5.74, 6) is 0. The molecule has 0 aliphatic carbocycles. The van der Waals surface area contributed by atoms with E-state index in [-0.39, 0.29) is 11.8 Å². The zero-order valence-corrected chi connectivity index (χ0v) is 9.31. The van der Waals surface area contributed by atoms with Gasteiger partial charge in [0.05, 0.1) is 6.10 Å². The summed E-state index contributed by atoms with van der Waals surface area (Å²) >= 11 is 0. The molecule has 0 amide bonds. The van der Waals surface area contributed by atoms with E-state index in [4.69, 9.17) is 0 Å². The minimum atomic E-state index is -0.251. The van der Waals surface area contributed by atoms with Gasteiger partial charge in [-0.05, 0) is 31.7 Å². The van der Waals surface area contributed by atoms with Crippen LogP contribution in [0.4, 0.5) is 0 Å². The van der Waals surface area contributed by atoms with Crippen molar-refractivity contribution in [2.75, 3.05) is 0 Å². The highest BCUT2D eigenvalue weighted by molar-refractivity contribution is 4.99. The molecule has 1 aromatic rings. The Labute approximate surface area is 89.6 Å². The van der Waals surface area contributed by atoms with E-state index in [1.165, 1.54) is 0 Å². The van der Waals surface area contributed by atoms with Crippen LogP contribution in [0.2, 0.25) is 0 Å². The molecule has 4 nitrogen and oxygen atoms in total. The first kappa shape index (κ1) is 11.9. The number of aromatic nitrogens is 2. The third kappa shape index (κ3) is 3.83. The first-order chi connectivity index (χ1) is 7.13. The van der Waals surface area contributed by atoms with Crippen LogP contribution in [-0.2, 0) is 6.54 Å². The van der Waals surface area contributed by atoms with Crippen molar-refractivity contribution in [1.29, 1.82) is 0 Å². The highest BCUT2D eigenvalue weighted by atomic mass is 16.3. The fourth-order valence-corrected chi connectivity index (χ4v) is 1.43. The van der Waals surface area contributed by atoms with Crippen LogP contribution in [0.15, 0.2) is 17.2 Å². The van der Waals surface area contributed by atoms with Gasteiger partial charge in [0.15, 0.2) is 0 Å². The topological polar surface area (TPSA) is 55.1 Å². The molecule has 0 radical (unpaired) electrons. The molecule has 0 spiro atoms. The molecule has 0 saturated heterocycles. The minimum absolute atomic E-state index is 0.216. The number of hydrogen-bond acceptors (Lipinski definition) is 3. The minimum Gasteiger partial charge on any atom is -0.393 e. The SMILES string of the molecule is CCC(O)CCCn1cc(C)cnc1=O. The van der Waals surface area contributed by atoms with Crippen LogP contribution in [0.1, 0.15) is 31.7 Å². The fraction of sp³-hybridized carbons (Fsp3) is 0.636. The molecule has 0 aromatic carbocycles. The van der Waals surface area contributed by atoms with E-state index in [0.29, 0.717) is 6.54 Å². The van der Waals surface area contributed by atoms with Crippen molar-refractivity contribution in [1.82, 2.24) is 9.55 Å². The maximum Gasteiger partial charge on any atom is 0.347 e. The second-order valence-electron chi connectivity index (χ2n) is 3.81. The molecule has 0 aliphatic heterocycles. The molecule has 0 fully saturated rings. The zero-order chi connectivity index (χ0) is 11.3. The first-order valence-electron chi connectivity index (χ1n) is 5.34. The fourth-order valence-electron chi connectivity index (χ4n) is 1.43. The summed E-state index contributed by atoms with van der Waals surface area (Å²) in [7, 11) is 0. The Morgan fingerprint density at radius 1 is 1.60 bits per heavy atom. The number of aryl methyl sites for hydroxylation is 2. The molecule has 0 bridgehead atoms. The van der Waals surface area contributed by atoms with Crippen molar-refractivity contribution in [2.45, 2.75) is 45.8 Å². The van der Waals surface area contributed by atoms with Crippen molar-refractivity contribution < 1.29 is 5.11 Å². The van der Waals surface area contributed by atoms with Crippen LogP contribution in [0.5, 0.6) is 0 Å². The Kier molecular flexibility index (Phi) is 4.49. The smallest absolute Gasteiger partial charge is 0.347 e. The Hall–Kier alpha value is -1.16. The Balaban J connectivity index is 2.50. The molecule has 0 saturated carbocycles. The quantitative estimate of drug-likeness (QED) is 0.791. The van der Waals surface area contributed by atoms with Crippen molar-refractivity contribution in [2.24, 2.45) is 0 Å². The molecule has 1 atom stereocenters. The summed E-state index contributed by atoms with van der Waals surface area (Å²) in [5, 5.41) is 9.36. The summed E-state index contributed by atoms with van der Waals surface area (Å²) in [6.45, 7) is 4.49. The van der Waals surface area contributed by atoms with E-state index in [2.05, 4.69) is 4.98 Å². The summed E-state index contributed by atoms with van der Waals surface area (Å²) in [6, 6.07) is 0.